The summed E-state index contributed by atoms with van der Waals surface area (Å²) in [4.78, 5) is 11.7. The molecule has 0 spiro atoms. The lowest BCUT2D eigenvalue weighted by molar-refractivity contribution is -0.121. The fourth-order valence-corrected chi connectivity index (χ4v) is 4.60. The van der Waals surface area contributed by atoms with Crippen molar-refractivity contribution < 1.29 is 13.2 Å². The minimum absolute atomic E-state index is 0.0347. The molecule has 1 aliphatic heterocycles. The zero-order chi connectivity index (χ0) is 13.7. The van der Waals surface area contributed by atoms with Crippen molar-refractivity contribution in [2.75, 3.05) is 18.1 Å². The monoisotopic (exact) mass is 288 g/mol. The van der Waals surface area contributed by atoms with Crippen molar-refractivity contribution in [2.45, 2.75) is 57.0 Å². The van der Waals surface area contributed by atoms with Crippen LogP contribution in [0.4, 0.5) is 0 Å². The Morgan fingerprint density at radius 2 is 1.79 bits per heavy atom. The summed E-state index contributed by atoms with van der Waals surface area (Å²) in [5.41, 5.74) is 0. The third-order valence-electron chi connectivity index (χ3n) is 3.99. The van der Waals surface area contributed by atoms with Gasteiger partial charge >= 0.3 is 0 Å². The highest BCUT2D eigenvalue weighted by Gasteiger charge is 2.27. The topological polar surface area (TPSA) is 75.3 Å². The molecule has 19 heavy (non-hydrogen) atoms. The molecule has 2 rings (SSSR count). The van der Waals surface area contributed by atoms with Crippen LogP contribution < -0.4 is 10.6 Å². The van der Waals surface area contributed by atoms with E-state index in [9.17, 15) is 13.2 Å². The molecule has 6 heteroatoms. The lowest BCUT2D eigenvalue weighted by atomic mass is 9.95. The molecule has 0 aromatic carbocycles. The number of nitrogens with one attached hydrogen (secondary N) is 2. The number of amides is 1. The summed E-state index contributed by atoms with van der Waals surface area (Å²) in [5.74, 6) is 0.580. The maximum Gasteiger partial charge on any atom is 0.221 e. The Kier molecular flexibility index (Phi) is 5.21. The van der Waals surface area contributed by atoms with Gasteiger partial charge in [-0.2, -0.15) is 0 Å². The average molecular weight is 288 g/mol. The Morgan fingerprint density at radius 1 is 1.05 bits per heavy atom. The van der Waals surface area contributed by atoms with E-state index in [1.807, 2.05) is 0 Å². The Hall–Kier alpha value is -0.620. The van der Waals surface area contributed by atoms with Crippen LogP contribution in [0.5, 0.6) is 0 Å². The van der Waals surface area contributed by atoms with Gasteiger partial charge in [-0.1, -0.05) is 19.3 Å². The molecular weight excluding hydrogens is 264 g/mol. The summed E-state index contributed by atoms with van der Waals surface area (Å²) in [6, 6.07) is 0.389. The second-order valence-electron chi connectivity index (χ2n) is 5.71. The second-order valence-corrected chi connectivity index (χ2v) is 7.94. The lowest BCUT2D eigenvalue weighted by Crippen LogP contribution is -2.39. The maximum atomic E-state index is 11.7. The first-order chi connectivity index (χ1) is 9.05. The molecular formula is C13H24N2O3S. The van der Waals surface area contributed by atoms with Crippen LogP contribution in [-0.2, 0) is 14.6 Å². The van der Waals surface area contributed by atoms with Gasteiger partial charge in [-0.3, -0.25) is 4.79 Å². The van der Waals surface area contributed by atoms with Gasteiger partial charge in [0.2, 0.25) is 5.91 Å². The average Bonchev–Trinajstić information content (AvgIpc) is 2.70. The molecule has 2 fully saturated rings. The van der Waals surface area contributed by atoms with Gasteiger partial charge in [0, 0.05) is 25.0 Å². The second kappa shape index (κ2) is 6.70. The van der Waals surface area contributed by atoms with Crippen LogP contribution in [-0.4, -0.2) is 44.5 Å². The van der Waals surface area contributed by atoms with E-state index in [0.29, 0.717) is 25.4 Å². The maximum absolute atomic E-state index is 11.7. The van der Waals surface area contributed by atoms with Crippen molar-refractivity contribution in [2.24, 2.45) is 0 Å². The minimum Gasteiger partial charge on any atom is -0.353 e. The molecule has 0 radical (unpaired) electrons. The third kappa shape index (κ3) is 5.10. The normalized spacial score (nSPS) is 27.3. The van der Waals surface area contributed by atoms with Crippen molar-refractivity contribution in [3.63, 3.8) is 0 Å². The fraction of sp³-hybridized carbons (Fsp3) is 0.923. The quantitative estimate of drug-likeness (QED) is 0.777. The molecule has 0 bridgehead atoms. The molecule has 1 amide bonds. The Bertz CT molecular complexity index is 402. The van der Waals surface area contributed by atoms with Gasteiger partial charge < -0.3 is 10.6 Å². The van der Waals surface area contributed by atoms with Gasteiger partial charge in [0.25, 0.3) is 0 Å². The van der Waals surface area contributed by atoms with Crippen molar-refractivity contribution in [3.05, 3.63) is 0 Å². The first kappa shape index (κ1) is 14.8. The Morgan fingerprint density at radius 3 is 2.42 bits per heavy atom. The van der Waals surface area contributed by atoms with Crippen LogP contribution in [0.25, 0.3) is 0 Å². The van der Waals surface area contributed by atoms with Crippen molar-refractivity contribution in [1.82, 2.24) is 10.6 Å². The molecule has 2 N–H and O–H groups in total. The zero-order valence-corrected chi connectivity index (χ0v) is 12.2. The van der Waals surface area contributed by atoms with Crippen LogP contribution in [0, 0.1) is 0 Å². The SMILES string of the molecule is O=C(CCNC1CCS(=O)(=O)C1)NC1CCCCC1. The van der Waals surface area contributed by atoms with Crippen LogP contribution in [0.2, 0.25) is 0 Å². The smallest absolute Gasteiger partial charge is 0.221 e. The minimum atomic E-state index is -2.83. The highest BCUT2D eigenvalue weighted by Crippen LogP contribution is 2.17. The highest BCUT2D eigenvalue weighted by molar-refractivity contribution is 7.91. The van der Waals surface area contributed by atoms with Crippen molar-refractivity contribution >= 4 is 15.7 Å². The number of hydrogen-bond acceptors (Lipinski definition) is 4. The first-order valence-corrected chi connectivity index (χ1v) is 9.10. The Balaban J connectivity index is 1.59. The van der Waals surface area contributed by atoms with Gasteiger partial charge in [0.05, 0.1) is 11.5 Å². The Labute approximate surface area is 115 Å². The molecule has 1 atom stereocenters. The van der Waals surface area contributed by atoms with Crippen LogP contribution in [0.15, 0.2) is 0 Å². The predicted octanol–water partition coefficient (Wildman–Crippen LogP) is 0.602. The van der Waals surface area contributed by atoms with Gasteiger partial charge in [0.1, 0.15) is 0 Å². The number of hydrogen-bond donors (Lipinski definition) is 2. The van der Waals surface area contributed by atoms with Crippen molar-refractivity contribution in [3.8, 4) is 0 Å². The molecule has 0 aromatic rings. The van der Waals surface area contributed by atoms with Gasteiger partial charge in [-0.15, -0.1) is 0 Å². The van der Waals surface area contributed by atoms with Crippen LogP contribution in [0.1, 0.15) is 44.9 Å². The van der Waals surface area contributed by atoms with E-state index in [-0.39, 0.29) is 23.5 Å². The van der Waals surface area contributed by atoms with E-state index in [4.69, 9.17) is 0 Å². The number of rotatable bonds is 5. The van der Waals surface area contributed by atoms with E-state index in [2.05, 4.69) is 10.6 Å². The highest BCUT2D eigenvalue weighted by atomic mass is 32.2. The molecule has 5 nitrogen and oxygen atoms in total. The fourth-order valence-electron chi connectivity index (χ4n) is 2.89. The van der Waals surface area contributed by atoms with Gasteiger partial charge in [0.15, 0.2) is 9.84 Å². The largest absolute Gasteiger partial charge is 0.353 e. The third-order valence-corrected chi connectivity index (χ3v) is 5.76. The predicted molar refractivity (Wildman–Crippen MR) is 74.7 cm³/mol. The molecule has 0 aromatic heterocycles. The van der Waals surface area contributed by atoms with E-state index in [1.165, 1.54) is 19.3 Å². The summed E-state index contributed by atoms with van der Waals surface area (Å²) in [5, 5.41) is 6.23. The summed E-state index contributed by atoms with van der Waals surface area (Å²) in [6.45, 7) is 0.568. The molecule has 1 aliphatic carbocycles. The molecule has 1 heterocycles. The summed E-state index contributed by atoms with van der Waals surface area (Å²) < 4.78 is 22.6. The van der Waals surface area contributed by atoms with Crippen LogP contribution >= 0.6 is 0 Å². The first-order valence-electron chi connectivity index (χ1n) is 7.28. The summed E-state index contributed by atoms with van der Waals surface area (Å²) in [7, 11) is -2.83. The van der Waals surface area contributed by atoms with E-state index in [0.717, 1.165) is 12.8 Å². The molecule has 110 valence electrons. The van der Waals surface area contributed by atoms with E-state index < -0.39 is 9.84 Å². The number of sulfone groups is 1. The molecule has 1 saturated carbocycles. The zero-order valence-electron chi connectivity index (χ0n) is 11.4. The van der Waals surface area contributed by atoms with E-state index in [1.54, 1.807) is 0 Å². The van der Waals surface area contributed by atoms with Gasteiger partial charge in [-0.25, -0.2) is 8.42 Å². The number of carbonyl (C=O) groups is 1. The standard InChI is InChI=1S/C13H24N2O3S/c16-13(15-11-4-2-1-3-5-11)6-8-14-12-7-9-19(17,18)10-12/h11-12,14H,1-10H2,(H,15,16). The molecule has 1 unspecified atom stereocenters. The lowest BCUT2D eigenvalue weighted by Gasteiger charge is -2.22. The summed E-state index contributed by atoms with van der Waals surface area (Å²) >= 11 is 0. The van der Waals surface area contributed by atoms with E-state index >= 15 is 0 Å². The molecule has 1 saturated heterocycles. The van der Waals surface area contributed by atoms with Crippen molar-refractivity contribution in [1.29, 1.82) is 0 Å². The van der Waals surface area contributed by atoms with Crippen LogP contribution in [0.3, 0.4) is 0 Å². The summed E-state index contributed by atoms with van der Waals surface area (Å²) in [6.07, 6.45) is 7.01. The molecule has 2 aliphatic rings. The van der Waals surface area contributed by atoms with Gasteiger partial charge in [-0.05, 0) is 19.3 Å². The number of carbonyl (C=O) groups excluding carboxylic acids is 1.